The molecule has 0 bridgehead atoms. The van der Waals surface area contributed by atoms with Crippen LogP contribution in [-0.4, -0.2) is 26.2 Å². The summed E-state index contributed by atoms with van der Waals surface area (Å²) in [5.41, 5.74) is 8.64. The van der Waals surface area contributed by atoms with Gasteiger partial charge in [0.25, 0.3) is 0 Å². The van der Waals surface area contributed by atoms with Crippen molar-refractivity contribution in [3.05, 3.63) is 49.1 Å². The molecule has 0 fully saturated rings. The van der Waals surface area contributed by atoms with Crippen molar-refractivity contribution in [2.45, 2.75) is 4.90 Å². The minimum Gasteiger partial charge on any atom is -0.383 e. The predicted molar refractivity (Wildman–Crippen MR) is 84.7 cm³/mol. The van der Waals surface area contributed by atoms with Crippen LogP contribution in [0, 0.1) is 0 Å². The van der Waals surface area contributed by atoms with E-state index in [1.165, 1.54) is 11.8 Å². The van der Waals surface area contributed by atoms with Gasteiger partial charge in [-0.3, -0.25) is 9.97 Å². The number of nitrogens with two attached hydrogens (primary N) is 1. The van der Waals surface area contributed by atoms with Gasteiger partial charge in [-0.1, -0.05) is 0 Å². The minimum atomic E-state index is 0.468. The Balaban J connectivity index is 2.21. The highest BCUT2D eigenvalue weighted by atomic mass is 32.2. The molecule has 0 radical (unpaired) electrons. The first-order chi connectivity index (χ1) is 10.3. The van der Waals surface area contributed by atoms with Crippen LogP contribution in [0.15, 0.2) is 53.9 Å². The van der Waals surface area contributed by atoms with E-state index in [0.717, 1.165) is 21.7 Å². The molecule has 0 saturated heterocycles. The van der Waals surface area contributed by atoms with E-state index in [-0.39, 0.29) is 0 Å². The van der Waals surface area contributed by atoms with E-state index < -0.39 is 0 Å². The molecule has 3 rings (SSSR count). The molecule has 0 aliphatic carbocycles. The molecular weight excluding hydrogens is 282 g/mol. The molecule has 0 aliphatic rings. The summed E-state index contributed by atoms with van der Waals surface area (Å²) in [6.45, 7) is 0. The quantitative estimate of drug-likeness (QED) is 0.749. The molecular formula is C15H13N5S. The van der Waals surface area contributed by atoms with Crippen LogP contribution in [0.5, 0.6) is 0 Å². The van der Waals surface area contributed by atoms with Gasteiger partial charge < -0.3 is 5.73 Å². The third-order valence-corrected chi connectivity index (χ3v) is 3.76. The molecule has 0 aliphatic heterocycles. The lowest BCUT2D eigenvalue weighted by Gasteiger charge is -2.11. The Hall–Kier alpha value is -2.47. The first-order valence-corrected chi connectivity index (χ1v) is 7.54. The van der Waals surface area contributed by atoms with Crippen LogP contribution in [0.1, 0.15) is 0 Å². The molecule has 0 atom stereocenters. The van der Waals surface area contributed by atoms with Crippen molar-refractivity contribution < 1.29 is 0 Å². The molecule has 6 heteroatoms. The summed E-state index contributed by atoms with van der Waals surface area (Å²) in [7, 11) is 0. The number of rotatable bonds is 3. The van der Waals surface area contributed by atoms with Gasteiger partial charge in [0, 0.05) is 35.9 Å². The average molecular weight is 295 g/mol. The second-order valence-electron chi connectivity index (χ2n) is 4.30. The first kappa shape index (κ1) is 13.5. The predicted octanol–water partition coefficient (Wildman–Crippen LogP) is 2.90. The molecule has 3 aromatic rings. The third kappa shape index (κ3) is 2.71. The van der Waals surface area contributed by atoms with Crippen molar-refractivity contribution >= 4 is 17.6 Å². The summed E-state index contributed by atoms with van der Waals surface area (Å²) in [6.07, 6.45) is 8.90. The molecule has 5 nitrogen and oxygen atoms in total. The van der Waals surface area contributed by atoms with Crippen LogP contribution in [0.25, 0.3) is 22.6 Å². The second kappa shape index (κ2) is 5.88. The highest BCUT2D eigenvalue weighted by Gasteiger charge is 2.14. The van der Waals surface area contributed by atoms with Gasteiger partial charge in [0.15, 0.2) is 5.82 Å². The zero-order valence-electron chi connectivity index (χ0n) is 11.4. The number of anilines is 1. The topological polar surface area (TPSA) is 77.6 Å². The van der Waals surface area contributed by atoms with Gasteiger partial charge >= 0.3 is 0 Å². The summed E-state index contributed by atoms with van der Waals surface area (Å²) in [4.78, 5) is 18.1. The fraction of sp³-hybridized carbons (Fsp3) is 0.0667. The summed E-state index contributed by atoms with van der Waals surface area (Å²) in [5.74, 6) is 1.03. The average Bonchev–Trinajstić information content (AvgIpc) is 2.55. The molecule has 21 heavy (non-hydrogen) atoms. The van der Waals surface area contributed by atoms with E-state index in [2.05, 4.69) is 19.9 Å². The van der Waals surface area contributed by atoms with Crippen molar-refractivity contribution in [3.63, 3.8) is 0 Å². The van der Waals surface area contributed by atoms with Crippen molar-refractivity contribution in [1.82, 2.24) is 19.9 Å². The molecule has 2 N–H and O–H groups in total. The maximum Gasteiger partial charge on any atom is 0.163 e. The third-order valence-electron chi connectivity index (χ3n) is 2.95. The molecule has 0 saturated carbocycles. The fourth-order valence-corrected chi connectivity index (χ4v) is 2.60. The standard InChI is InChI=1S/C15H13N5S/c1-21-13-12(10-4-2-6-17-8-10)19-15(20-14(13)16)11-5-3-7-18-9-11/h2-9H,1H3,(H2,16,19,20). The monoisotopic (exact) mass is 295 g/mol. The Morgan fingerprint density at radius 3 is 2.19 bits per heavy atom. The number of nitrogen functional groups attached to an aromatic ring is 1. The Labute approximate surface area is 126 Å². The van der Waals surface area contributed by atoms with Crippen LogP contribution in [0.4, 0.5) is 5.82 Å². The van der Waals surface area contributed by atoms with E-state index in [9.17, 15) is 0 Å². The van der Waals surface area contributed by atoms with Gasteiger partial charge in [-0.25, -0.2) is 9.97 Å². The highest BCUT2D eigenvalue weighted by molar-refractivity contribution is 7.98. The van der Waals surface area contributed by atoms with Crippen molar-refractivity contribution in [1.29, 1.82) is 0 Å². The van der Waals surface area contributed by atoms with Crippen molar-refractivity contribution in [3.8, 4) is 22.6 Å². The number of nitrogens with zero attached hydrogens (tertiary/aromatic N) is 4. The lowest BCUT2D eigenvalue weighted by Crippen LogP contribution is -2.02. The van der Waals surface area contributed by atoms with Gasteiger partial charge in [0.2, 0.25) is 0 Å². The lowest BCUT2D eigenvalue weighted by atomic mass is 10.2. The Kier molecular flexibility index (Phi) is 3.79. The summed E-state index contributed by atoms with van der Waals surface area (Å²) < 4.78 is 0. The number of hydrogen-bond acceptors (Lipinski definition) is 6. The summed E-state index contributed by atoms with van der Waals surface area (Å²) in [6, 6.07) is 7.59. The Bertz CT molecular complexity index is 747. The minimum absolute atomic E-state index is 0.468. The van der Waals surface area contributed by atoms with Gasteiger partial charge in [0.05, 0.1) is 10.6 Å². The molecule has 3 heterocycles. The van der Waals surface area contributed by atoms with E-state index in [1.54, 1.807) is 24.8 Å². The molecule has 3 aromatic heterocycles. The van der Waals surface area contributed by atoms with Crippen LogP contribution >= 0.6 is 11.8 Å². The number of hydrogen-bond donors (Lipinski definition) is 1. The normalized spacial score (nSPS) is 10.5. The maximum atomic E-state index is 6.09. The zero-order valence-corrected chi connectivity index (χ0v) is 12.2. The summed E-state index contributed by atoms with van der Waals surface area (Å²) in [5, 5.41) is 0. The zero-order chi connectivity index (χ0) is 14.7. The van der Waals surface area contributed by atoms with Crippen molar-refractivity contribution in [2.24, 2.45) is 0 Å². The van der Waals surface area contributed by atoms with Crippen LogP contribution in [-0.2, 0) is 0 Å². The van der Waals surface area contributed by atoms with Crippen molar-refractivity contribution in [2.75, 3.05) is 12.0 Å². The lowest BCUT2D eigenvalue weighted by molar-refractivity contribution is 1.12. The van der Waals surface area contributed by atoms with Crippen LogP contribution in [0.3, 0.4) is 0 Å². The maximum absolute atomic E-state index is 6.09. The van der Waals surface area contributed by atoms with Gasteiger partial charge in [0.1, 0.15) is 5.82 Å². The molecule has 0 unspecified atom stereocenters. The van der Waals surface area contributed by atoms with Gasteiger partial charge in [-0.15, -0.1) is 11.8 Å². The number of aromatic nitrogens is 4. The Morgan fingerprint density at radius 1 is 0.952 bits per heavy atom. The summed E-state index contributed by atoms with van der Waals surface area (Å²) >= 11 is 1.53. The first-order valence-electron chi connectivity index (χ1n) is 6.32. The number of thioether (sulfide) groups is 1. The molecule has 0 spiro atoms. The van der Waals surface area contributed by atoms with E-state index in [0.29, 0.717) is 11.6 Å². The van der Waals surface area contributed by atoms with Crippen LogP contribution < -0.4 is 5.73 Å². The number of pyridine rings is 2. The van der Waals surface area contributed by atoms with Crippen LogP contribution in [0.2, 0.25) is 0 Å². The Morgan fingerprint density at radius 2 is 1.62 bits per heavy atom. The SMILES string of the molecule is CSc1c(N)nc(-c2cccnc2)nc1-c1cccnc1. The molecule has 104 valence electrons. The van der Waals surface area contributed by atoms with E-state index >= 15 is 0 Å². The highest BCUT2D eigenvalue weighted by Crippen LogP contribution is 2.33. The van der Waals surface area contributed by atoms with E-state index in [4.69, 9.17) is 5.73 Å². The van der Waals surface area contributed by atoms with E-state index in [1.807, 2.05) is 30.5 Å². The van der Waals surface area contributed by atoms with Gasteiger partial charge in [-0.2, -0.15) is 0 Å². The molecule has 0 aromatic carbocycles. The largest absolute Gasteiger partial charge is 0.383 e. The second-order valence-corrected chi connectivity index (χ2v) is 5.11. The smallest absolute Gasteiger partial charge is 0.163 e. The molecule has 0 amide bonds. The van der Waals surface area contributed by atoms with Gasteiger partial charge in [-0.05, 0) is 30.5 Å². The fourth-order valence-electron chi connectivity index (χ4n) is 1.99.